The van der Waals surface area contributed by atoms with Crippen LogP contribution < -0.4 is 14.8 Å². The smallest absolute Gasteiger partial charge is 0.337 e. The molecule has 0 amide bonds. The van der Waals surface area contributed by atoms with Crippen molar-refractivity contribution in [3.63, 3.8) is 0 Å². The quantitative estimate of drug-likeness (QED) is 0.580. The number of hydrogen-bond donors (Lipinski definition) is 2. The normalized spacial score (nSPS) is 19.1. The van der Waals surface area contributed by atoms with Gasteiger partial charge in [0.1, 0.15) is 12.4 Å². The molecule has 0 fully saturated rings. The highest BCUT2D eigenvalue weighted by Gasteiger charge is 2.43. The van der Waals surface area contributed by atoms with E-state index in [1.807, 2.05) is 19.1 Å². The number of carbonyl (C=O) groups is 2. The van der Waals surface area contributed by atoms with E-state index in [4.69, 9.17) is 14.2 Å². The van der Waals surface area contributed by atoms with Gasteiger partial charge >= 0.3 is 5.97 Å². The molecule has 0 unspecified atom stereocenters. The van der Waals surface area contributed by atoms with Gasteiger partial charge in [-0.2, -0.15) is 0 Å². The van der Waals surface area contributed by atoms with Gasteiger partial charge < -0.3 is 24.6 Å². The largest absolute Gasteiger partial charge is 0.504 e. The van der Waals surface area contributed by atoms with Crippen molar-refractivity contribution in [2.24, 2.45) is 5.41 Å². The first kappa shape index (κ1) is 24.4. The van der Waals surface area contributed by atoms with Gasteiger partial charge in [0.05, 0.1) is 19.8 Å². The Bertz CT molecular complexity index is 1220. The number of allylic oxidation sites excluding steroid dienone is 3. The van der Waals surface area contributed by atoms with Crippen LogP contribution in [0.5, 0.6) is 17.2 Å². The number of ether oxygens (including phenoxy) is 3. The van der Waals surface area contributed by atoms with Gasteiger partial charge in [0.2, 0.25) is 0 Å². The van der Waals surface area contributed by atoms with Crippen LogP contribution in [-0.2, 0) is 20.9 Å². The van der Waals surface area contributed by atoms with Crippen molar-refractivity contribution >= 4 is 11.8 Å². The maximum Gasteiger partial charge on any atom is 0.337 e. The van der Waals surface area contributed by atoms with Crippen LogP contribution in [0.25, 0.3) is 0 Å². The standard InChI is InChI=1S/C28H31NO6/c1-16-24(27(32)35-15-17-6-9-19(33-4)10-7-17)25(18-8-11-21(30)23(12-18)34-5)26-20(29-16)13-28(2,3)14-22(26)31/h6-12,25,29-30H,13-15H2,1-5H3/t25-/m0/s1. The van der Waals surface area contributed by atoms with Crippen LogP contribution in [0.1, 0.15) is 50.7 Å². The van der Waals surface area contributed by atoms with Crippen LogP contribution in [0, 0.1) is 5.41 Å². The van der Waals surface area contributed by atoms with Crippen molar-refractivity contribution in [3.05, 3.63) is 76.1 Å². The third-order valence-electron chi connectivity index (χ3n) is 6.53. The van der Waals surface area contributed by atoms with E-state index in [2.05, 4.69) is 19.2 Å². The Hall–Kier alpha value is -3.74. The zero-order valence-electron chi connectivity index (χ0n) is 20.7. The minimum absolute atomic E-state index is 0.00579. The summed E-state index contributed by atoms with van der Waals surface area (Å²) in [6, 6.07) is 12.2. The predicted molar refractivity (Wildman–Crippen MR) is 131 cm³/mol. The topological polar surface area (TPSA) is 94.1 Å². The lowest BCUT2D eigenvalue weighted by Gasteiger charge is -2.39. The Morgan fingerprint density at radius 3 is 2.46 bits per heavy atom. The molecule has 1 aliphatic carbocycles. The molecule has 2 aromatic rings. The fourth-order valence-corrected chi connectivity index (χ4v) is 4.86. The van der Waals surface area contributed by atoms with E-state index in [0.29, 0.717) is 35.2 Å². The minimum atomic E-state index is -0.632. The summed E-state index contributed by atoms with van der Waals surface area (Å²) in [4.78, 5) is 26.9. The molecule has 7 nitrogen and oxygen atoms in total. The van der Waals surface area contributed by atoms with Gasteiger partial charge in [0, 0.05) is 29.3 Å². The Morgan fingerprint density at radius 1 is 1.09 bits per heavy atom. The van der Waals surface area contributed by atoms with Gasteiger partial charge in [0.25, 0.3) is 0 Å². The van der Waals surface area contributed by atoms with E-state index in [9.17, 15) is 14.7 Å². The number of nitrogens with one attached hydrogen (secondary N) is 1. The summed E-state index contributed by atoms with van der Waals surface area (Å²) < 4.78 is 16.2. The summed E-state index contributed by atoms with van der Waals surface area (Å²) in [7, 11) is 3.06. The van der Waals surface area contributed by atoms with Crippen LogP contribution in [0.4, 0.5) is 0 Å². The highest BCUT2D eigenvalue weighted by molar-refractivity contribution is 6.04. The third kappa shape index (κ3) is 4.90. The molecule has 1 heterocycles. The molecule has 2 N–H and O–H groups in total. The lowest BCUT2D eigenvalue weighted by Crippen LogP contribution is -2.38. The number of phenolic OH excluding ortho intramolecular Hbond substituents is 1. The molecule has 0 bridgehead atoms. The third-order valence-corrected chi connectivity index (χ3v) is 6.53. The number of dihydropyridines is 1. The molecule has 184 valence electrons. The number of esters is 1. The number of methoxy groups -OCH3 is 2. The average Bonchev–Trinajstić information content (AvgIpc) is 2.81. The van der Waals surface area contributed by atoms with E-state index in [1.165, 1.54) is 13.2 Å². The number of Topliss-reactive ketones (excluding diaryl/α,β-unsaturated/α-hetero) is 1. The number of aromatic hydroxyl groups is 1. The van der Waals surface area contributed by atoms with Gasteiger partial charge in [-0.15, -0.1) is 0 Å². The Labute approximate surface area is 205 Å². The first-order valence-corrected chi connectivity index (χ1v) is 11.5. The molecule has 0 saturated carbocycles. The molecule has 4 rings (SSSR count). The lowest BCUT2D eigenvalue weighted by atomic mass is 9.68. The molecular weight excluding hydrogens is 446 g/mol. The van der Waals surface area contributed by atoms with E-state index in [0.717, 1.165) is 17.0 Å². The molecule has 0 aromatic heterocycles. The molecule has 1 aliphatic heterocycles. The second-order valence-electron chi connectivity index (χ2n) is 9.79. The number of rotatable bonds is 6. The summed E-state index contributed by atoms with van der Waals surface area (Å²) in [6.07, 6.45) is 1.07. The Morgan fingerprint density at radius 2 is 1.80 bits per heavy atom. The van der Waals surface area contributed by atoms with Crippen molar-refractivity contribution < 1.29 is 28.9 Å². The van der Waals surface area contributed by atoms with Crippen molar-refractivity contribution in [1.29, 1.82) is 0 Å². The summed E-state index contributed by atoms with van der Waals surface area (Å²) in [5, 5.41) is 13.5. The number of ketones is 1. The summed E-state index contributed by atoms with van der Waals surface area (Å²) in [6.45, 7) is 6.03. The zero-order chi connectivity index (χ0) is 25.3. The summed E-state index contributed by atoms with van der Waals surface area (Å²) in [5.74, 6) is -0.168. The number of phenols is 1. The monoisotopic (exact) mass is 477 g/mol. The highest BCUT2D eigenvalue weighted by atomic mass is 16.5. The van der Waals surface area contributed by atoms with Gasteiger partial charge in [-0.05, 0) is 54.2 Å². The zero-order valence-corrected chi connectivity index (χ0v) is 20.7. The van der Waals surface area contributed by atoms with Gasteiger partial charge in [-0.3, -0.25) is 4.79 Å². The summed E-state index contributed by atoms with van der Waals surface area (Å²) >= 11 is 0. The minimum Gasteiger partial charge on any atom is -0.504 e. The van der Waals surface area contributed by atoms with Crippen LogP contribution in [0.2, 0.25) is 0 Å². The van der Waals surface area contributed by atoms with Gasteiger partial charge in [-0.1, -0.05) is 32.0 Å². The number of carbonyl (C=O) groups excluding carboxylic acids is 2. The van der Waals surface area contributed by atoms with Crippen LogP contribution >= 0.6 is 0 Å². The summed E-state index contributed by atoms with van der Waals surface area (Å²) in [5.41, 5.74) is 3.72. The van der Waals surface area contributed by atoms with Crippen molar-refractivity contribution in [2.45, 2.75) is 46.1 Å². The van der Waals surface area contributed by atoms with Crippen LogP contribution in [0.3, 0.4) is 0 Å². The van der Waals surface area contributed by atoms with Crippen molar-refractivity contribution in [2.75, 3.05) is 14.2 Å². The number of hydrogen-bond acceptors (Lipinski definition) is 7. The van der Waals surface area contributed by atoms with Gasteiger partial charge in [-0.25, -0.2) is 4.79 Å². The maximum atomic E-state index is 13.5. The molecule has 7 heteroatoms. The number of benzene rings is 2. The molecule has 0 spiro atoms. The molecule has 0 radical (unpaired) electrons. The average molecular weight is 478 g/mol. The molecule has 2 aliphatic rings. The predicted octanol–water partition coefficient (Wildman–Crippen LogP) is 4.76. The van der Waals surface area contributed by atoms with E-state index in [1.54, 1.807) is 31.4 Å². The van der Waals surface area contributed by atoms with Gasteiger partial charge in [0.15, 0.2) is 17.3 Å². The fourth-order valence-electron chi connectivity index (χ4n) is 4.86. The second kappa shape index (κ2) is 9.49. The highest BCUT2D eigenvalue weighted by Crippen LogP contribution is 2.47. The second-order valence-corrected chi connectivity index (χ2v) is 9.79. The molecule has 1 atom stereocenters. The molecule has 35 heavy (non-hydrogen) atoms. The fraction of sp³-hybridized carbons (Fsp3) is 0.357. The first-order chi connectivity index (χ1) is 16.6. The molecule has 2 aromatic carbocycles. The van der Waals surface area contributed by atoms with E-state index in [-0.39, 0.29) is 29.3 Å². The van der Waals surface area contributed by atoms with E-state index >= 15 is 0 Å². The Balaban J connectivity index is 1.72. The lowest BCUT2D eigenvalue weighted by molar-refractivity contribution is -0.140. The van der Waals surface area contributed by atoms with E-state index < -0.39 is 11.9 Å². The Kier molecular flexibility index (Phi) is 6.61. The maximum absolute atomic E-state index is 13.5. The first-order valence-electron chi connectivity index (χ1n) is 11.5. The molecule has 0 saturated heterocycles. The van der Waals surface area contributed by atoms with Crippen molar-refractivity contribution in [1.82, 2.24) is 5.32 Å². The molecular formula is C28H31NO6. The van der Waals surface area contributed by atoms with Crippen LogP contribution in [0.15, 0.2) is 65.0 Å². The SMILES string of the molecule is COc1ccc(COC(=O)C2=C(C)NC3=C(C(=O)CC(C)(C)C3)[C@H]2c2ccc(O)c(OC)c2)cc1. The van der Waals surface area contributed by atoms with Crippen molar-refractivity contribution in [3.8, 4) is 17.2 Å². The van der Waals surface area contributed by atoms with Crippen LogP contribution in [-0.4, -0.2) is 31.1 Å².